The Morgan fingerprint density at radius 2 is 2.24 bits per heavy atom. The van der Waals surface area contributed by atoms with Crippen LogP contribution in [-0.2, 0) is 14.8 Å². The van der Waals surface area contributed by atoms with Crippen molar-refractivity contribution in [2.24, 2.45) is 5.92 Å². The van der Waals surface area contributed by atoms with Gasteiger partial charge in [-0.05, 0) is 37.5 Å². The van der Waals surface area contributed by atoms with E-state index in [9.17, 15) is 13.2 Å². The van der Waals surface area contributed by atoms with Gasteiger partial charge in [0.25, 0.3) is 0 Å². The van der Waals surface area contributed by atoms with E-state index in [0.717, 1.165) is 0 Å². The highest BCUT2D eigenvalue weighted by Crippen LogP contribution is 2.31. The monoisotopic (exact) mass is 390 g/mol. The predicted molar refractivity (Wildman–Crippen MR) is 94.2 cm³/mol. The maximum Gasteiger partial charge on any atom is 0.246 e. The number of carbonyl (C=O) groups is 1. The van der Waals surface area contributed by atoms with Crippen LogP contribution in [0, 0.1) is 5.92 Å². The first kappa shape index (κ1) is 20.0. The van der Waals surface area contributed by atoms with Crippen LogP contribution in [0.25, 0.3) is 0 Å². The molecule has 1 heterocycles. The van der Waals surface area contributed by atoms with Crippen molar-refractivity contribution < 1.29 is 23.1 Å². The van der Waals surface area contributed by atoms with Gasteiger partial charge in [-0.1, -0.05) is 11.6 Å². The third-order valence-corrected chi connectivity index (χ3v) is 6.25. The first-order valence-corrected chi connectivity index (χ1v) is 9.94. The standard InChI is InChI=1S/C16H23ClN2O5S/c1-24-14-6-5-13(17)10-15(14)25(22,23)19-8-2-4-12(11-19)16(21)18-7-3-9-20/h5-6,10,12,20H,2-4,7-9,11H2,1H3,(H,18,21)/t12-/m0/s1. The Labute approximate surface area is 153 Å². The minimum absolute atomic E-state index is 0.0000120. The summed E-state index contributed by atoms with van der Waals surface area (Å²) in [5, 5.41) is 11.8. The molecule has 1 fully saturated rings. The minimum atomic E-state index is -3.82. The highest BCUT2D eigenvalue weighted by molar-refractivity contribution is 7.89. The molecule has 140 valence electrons. The highest BCUT2D eigenvalue weighted by Gasteiger charge is 2.34. The van der Waals surface area contributed by atoms with Crippen molar-refractivity contribution in [3.63, 3.8) is 0 Å². The van der Waals surface area contributed by atoms with E-state index in [1.165, 1.54) is 23.5 Å². The molecule has 0 saturated carbocycles. The number of methoxy groups -OCH3 is 1. The van der Waals surface area contributed by atoms with Gasteiger partial charge in [-0.25, -0.2) is 8.42 Å². The zero-order valence-corrected chi connectivity index (χ0v) is 15.6. The predicted octanol–water partition coefficient (Wildman–Crippen LogP) is 1.25. The molecule has 0 unspecified atom stereocenters. The molecule has 1 aliphatic rings. The smallest absolute Gasteiger partial charge is 0.246 e. The summed E-state index contributed by atoms with van der Waals surface area (Å²) in [6.07, 6.45) is 1.70. The molecule has 0 spiro atoms. The summed E-state index contributed by atoms with van der Waals surface area (Å²) in [5.41, 5.74) is 0. The molecular formula is C16H23ClN2O5S. The average molecular weight is 391 g/mol. The first-order valence-electron chi connectivity index (χ1n) is 8.12. The van der Waals surface area contributed by atoms with Crippen molar-refractivity contribution in [3.8, 4) is 5.75 Å². The number of sulfonamides is 1. The number of aliphatic hydroxyl groups excluding tert-OH is 1. The number of hydrogen-bond acceptors (Lipinski definition) is 5. The van der Waals surface area contributed by atoms with Gasteiger partial charge in [0.2, 0.25) is 15.9 Å². The summed E-state index contributed by atoms with van der Waals surface area (Å²) in [7, 11) is -2.42. The number of carbonyl (C=O) groups excluding carboxylic acids is 1. The molecule has 1 aromatic rings. The SMILES string of the molecule is COc1ccc(Cl)cc1S(=O)(=O)N1CCC[C@H](C(=O)NCCCO)C1. The number of halogens is 1. The van der Waals surface area contributed by atoms with Gasteiger partial charge in [0.05, 0.1) is 13.0 Å². The Bertz CT molecular complexity index is 710. The number of piperidine rings is 1. The normalized spacial score (nSPS) is 18.8. The zero-order valence-electron chi connectivity index (χ0n) is 14.1. The number of nitrogens with zero attached hydrogens (tertiary/aromatic N) is 1. The molecule has 2 N–H and O–H groups in total. The lowest BCUT2D eigenvalue weighted by molar-refractivity contribution is -0.126. The number of ether oxygens (including phenoxy) is 1. The summed E-state index contributed by atoms with van der Waals surface area (Å²) >= 11 is 5.95. The zero-order chi connectivity index (χ0) is 18.4. The number of hydrogen-bond donors (Lipinski definition) is 2. The van der Waals surface area contributed by atoms with Crippen molar-refractivity contribution in [1.82, 2.24) is 9.62 Å². The number of amides is 1. The molecule has 2 rings (SSSR count). The van der Waals surface area contributed by atoms with Gasteiger partial charge in [-0.15, -0.1) is 0 Å². The van der Waals surface area contributed by atoms with Crippen LogP contribution in [0.15, 0.2) is 23.1 Å². The molecule has 0 aromatic heterocycles. The van der Waals surface area contributed by atoms with Gasteiger partial charge in [0, 0.05) is 31.3 Å². The molecule has 1 aliphatic heterocycles. The van der Waals surface area contributed by atoms with Crippen LogP contribution in [0.5, 0.6) is 5.75 Å². The van der Waals surface area contributed by atoms with Crippen LogP contribution in [0.2, 0.25) is 5.02 Å². The topological polar surface area (TPSA) is 95.9 Å². The summed E-state index contributed by atoms with van der Waals surface area (Å²) in [4.78, 5) is 12.2. The first-order chi connectivity index (χ1) is 11.9. The van der Waals surface area contributed by atoms with Crippen LogP contribution >= 0.6 is 11.6 Å². The van der Waals surface area contributed by atoms with E-state index >= 15 is 0 Å². The summed E-state index contributed by atoms with van der Waals surface area (Å²) in [6.45, 7) is 0.835. The number of aliphatic hydroxyl groups is 1. The Morgan fingerprint density at radius 1 is 1.48 bits per heavy atom. The molecule has 1 atom stereocenters. The fourth-order valence-corrected chi connectivity index (χ4v) is 4.74. The van der Waals surface area contributed by atoms with Crippen LogP contribution in [-0.4, -0.2) is 57.1 Å². The molecule has 0 radical (unpaired) electrons. The van der Waals surface area contributed by atoms with Gasteiger partial charge in [-0.2, -0.15) is 4.31 Å². The number of rotatable bonds is 7. The second-order valence-corrected chi connectivity index (χ2v) is 8.21. The molecular weight excluding hydrogens is 368 g/mol. The molecule has 0 aliphatic carbocycles. The fraction of sp³-hybridized carbons (Fsp3) is 0.562. The highest BCUT2D eigenvalue weighted by atomic mass is 35.5. The van der Waals surface area contributed by atoms with E-state index in [-0.39, 0.29) is 29.7 Å². The van der Waals surface area contributed by atoms with Crippen LogP contribution in [0.3, 0.4) is 0 Å². The van der Waals surface area contributed by atoms with Crippen molar-refractivity contribution >= 4 is 27.5 Å². The maximum atomic E-state index is 13.0. The van der Waals surface area contributed by atoms with Gasteiger partial charge < -0.3 is 15.2 Å². The van der Waals surface area contributed by atoms with E-state index < -0.39 is 15.9 Å². The van der Waals surface area contributed by atoms with Gasteiger partial charge in [0.1, 0.15) is 10.6 Å². The van der Waals surface area contributed by atoms with Crippen molar-refractivity contribution in [2.45, 2.75) is 24.2 Å². The molecule has 1 saturated heterocycles. The quantitative estimate of drug-likeness (QED) is 0.683. The average Bonchev–Trinajstić information content (AvgIpc) is 2.62. The Hall–Kier alpha value is -1.35. The summed E-state index contributed by atoms with van der Waals surface area (Å²) in [5.74, 6) is -0.377. The molecule has 7 nitrogen and oxygen atoms in total. The summed E-state index contributed by atoms with van der Waals surface area (Å²) in [6, 6.07) is 4.44. The second-order valence-electron chi connectivity index (χ2n) is 5.87. The Kier molecular flexibility index (Phi) is 7.06. The third-order valence-electron chi connectivity index (χ3n) is 4.13. The Morgan fingerprint density at radius 3 is 2.92 bits per heavy atom. The lowest BCUT2D eigenvalue weighted by Gasteiger charge is -2.31. The molecule has 1 aromatic carbocycles. The van der Waals surface area contributed by atoms with Gasteiger partial charge in [0.15, 0.2) is 0 Å². The van der Waals surface area contributed by atoms with E-state index in [2.05, 4.69) is 5.32 Å². The third kappa shape index (κ3) is 4.84. The van der Waals surface area contributed by atoms with Crippen molar-refractivity contribution in [2.75, 3.05) is 33.4 Å². The summed E-state index contributed by atoms with van der Waals surface area (Å²) < 4.78 is 32.4. The molecule has 1 amide bonds. The number of nitrogens with one attached hydrogen (secondary N) is 1. The van der Waals surface area contributed by atoms with Crippen LogP contribution < -0.4 is 10.1 Å². The molecule has 25 heavy (non-hydrogen) atoms. The largest absolute Gasteiger partial charge is 0.495 e. The lowest BCUT2D eigenvalue weighted by atomic mass is 9.99. The van der Waals surface area contributed by atoms with Crippen LogP contribution in [0.4, 0.5) is 0 Å². The molecule has 0 bridgehead atoms. The fourth-order valence-electron chi connectivity index (χ4n) is 2.80. The van der Waals surface area contributed by atoms with E-state index in [1.54, 1.807) is 6.07 Å². The van der Waals surface area contributed by atoms with E-state index in [0.29, 0.717) is 37.4 Å². The van der Waals surface area contributed by atoms with Crippen LogP contribution in [0.1, 0.15) is 19.3 Å². The van der Waals surface area contributed by atoms with E-state index in [1.807, 2.05) is 0 Å². The Balaban J connectivity index is 2.17. The van der Waals surface area contributed by atoms with Gasteiger partial charge >= 0.3 is 0 Å². The second kappa shape index (κ2) is 8.84. The van der Waals surface area contributed by atoms with Crippen molar-refractivity contribution in [1.29, 1.82) is 0 Å². The van der Waals surface area contributed by atoms with E-state index in [4.69, 9.17) is 21.4 Å². The van der Waals surface area contributed by atoms with Crippen molar-refractivity contribution in [3.05, 3.63) is 23.2 Å². The minimum Gasteiger partial charge on any atom is -0.495 e. The van der Waals surface area contributed by atoms with Gasteiger partial charge in [-0.3, -0.25) is 4.79 Å². The lowest BCUT2D eigenvalue weighted by Crippen LogP contribution is -2.45. The number of benzene rings is 1. The maximum absolute atomic E-state index is 13.0. The molecule has 9 heteroatoms.